The Hall–Kier alpha value is -1.84. The number of carbonyl (C=O) groups is 1. The molecular weight excluding hydrogens is 332 g/mol. The number of halogens is 1. The summed E-state index contributed by atoms with van der Waals surface area (Å²) in [5.74, 6) is 0.0510. The van der Waals surface area contributed by atoms with Crippen LogP contribution in [0.4, 0.5) is 5.69 Å². The van der Waals surface area contributed by atoms with Crippen LogP contribution in [0.2, 0.25) is 0 Å². The molecule has 0 saturated heterocycles. The predicted molar refractivity (Wildman–Crippen MR) is 104 cm³/mol. The number of benzene rings is 2. The molecule has 0 bridgehead atoms. The van der Waals surface area contributed by atoms with E-state index in [9.17, 15) is 4.79 Å². The van der Waals surface area contributed by atoms with Gasteiger partial charge in [0.25, 0.3) is 0 Å². The van der Waals surface area contributed by atoms with E-state index in [0.717, 1.165) is 17.8 Å². The normalized spacial score (nSPS) is 18.7. The van der Waals surface area contributed by atoms with Crippen molar-refractivity contribution in [1.29, 1.82) is 0 Å². The number of fused-ring (bicyclic) bond motifs is 2. The Morgan fingerprint density at radius 2 is 1.68 bits per heavy atom. The summed E-state index contributed by atoms with van der Waals surface area (Å²) in [5.41, 5.74) is 9.99. The van der Waals surface area contributed by atoms with Gasteiger partial charge in [-0.2, -0.15) is 0 Å². The van der Waals surface area contributed by atoms with Gasteiger partial charge in [-0.1, -0.05) is 61.4 Å². The summed E-state index contributed by atoms with van der Waals surface area (Å²) in [5, 5.41) is 0. The Kier molecular flexibility index (Phi) is 5.16. The number of para-hydroxylation sites is 1. The molecule has 1 aliphatic heterocycles. The summed E-state index contributed by atoms with van der Waals surface area (Å²) in [4.78, 5) is 15.0. The van der Waals surface area contributed by atoms with Crippen molar-refractivity contribution in [1.82, 2.24) is 0 Å². The van der Waals surface area contributed by atoms with Crippen molar-refractivity contribution in [3.63, 3.8) is 0 Å². The smallest absolute Gasteiger partial charge is 0.244 e. The highest BCUT2D eigenvalue weighted by Gasteiger charge is 2.46. The van der Waals surface area contributed by atoms with Gasteiger partial charge < -0.3 is 10.6 Å². The van der Waals surface area contributed by atoms with Gasteiger partial charge in [0.05, 0.1) is 6.04 Å². The minimum atomic E-state index is -0.489. The number of hydrogen-bond donors (Lipinski definition) is 1. The molecule has 2 aromatic carbocycles. The van der Waals surface area contributed by atoms with E-state index >= 15 is 0 Å². The van der Waals surface area contributed by atoms with Crippen molar-refractivity contribution in [3.8, 4) is 0 Å². The van der Waals surface area contributed by atoms with Gasteiger partial charge in [-0.05, 0) is 36.5 Å². The van der Waals surface area contributed by atoms with E-state index in [-0.39, 0.29) is 23.7 Å². The minimum Gasteiger partial charge on any atom is -0.320 e. The number of rotatable bonds is 3. The van der Waals surface area contributed by atoms with Crippen molar-refractivity contribution in [2.24, 2.45) is 5.73 Å². The van der Waals surface area contributed by atoms with Gasteiger partial charge in [0.15, 0.2) is 0 Å². The van der Waals surface area contributed by atoms with E-state index < -0.39 is 6.04 Å². The summed E-state index contributed by atoms with van der Waals surface area (Å²) in [7, 11) is 0. The lowest BCUT2D eigenvalue weighted by atomic mass is 9.81. The van der Waals surface area contributed by atoms with Gasteiger partial charge in [-0.15, -0.1) is 12.4 Å². The molecule has 1 fully saturated rings. The highest BCUT2D eigenvalue weighted by Crippen LogP contribution is 2.50. The number of anilines is 1. The van der Waals surface area contributed by atoms with Crippen LogP contribution in [0.15, 0.2) is 54.6 Å². The van der Waals surface area contributed by atoms with Gasteiger partial charge in [0.1, 0.15) is 0 Å². The molecule has 0 aromatic heterocycles. The Morgan fingerprint density at radius 3 is 2.40 bits per heavy atom. The van der Waals surface area contributed by atoms with Crippen LogP contribution in [0.5, 0.6) is 0 Å². The fourth-order valence-corrected chi connectivity index (χ4v) is 4.46. The predicted octanol–water partition coefficient (Wildman–Crippen LogP) is 3.84. The zero-order chi connectivity index (χ0) is 16.6. The number of amides is 1. The molecule has 0 radical (unpaired) electrons. The SMILES string of the molecule is Cl.N[C@@H](Cc1ccccc1)C(=O)N1CC2(CCCC2)c2ccccc21. The summed E-state index contributed by atoms with van der Waals surface area (Å²) in [6, 6.07) is 17.9. The van der Waals surface area contributed by atoms with Crippen LogP contribution in [-0.4, -0.2) is 18.5 Å². The molecule has 2 aromatic rings. The van der Waals surface area contributed by atoms with E-state index in [2.05, 4.69) is 18.2 Å². The molecule has 1 saturated carbocycles. The molecule has 132 valence electrons. The summed E-state index contributed by atoms with van der Waals surface area (Å²) in [6.45, 7) is 0.799. The van der Waals surface area contributed by atoms with Gasteiger partial charge in [0.2, 0.25) is 5.91 Å². The van der Waals surface area contributed by atoms with E-state index in [4.69, 9.17) is 5.73 Å². The van der Waals surface area contributed by atoms with Gasteiger partial charge in [-0.3, -0.25) is 4.79 Å². The quantitative estimate of drug-likeness (QED) is 0.908. The lowest BCUT2D eigenvalue weighted by molar-refractivity contribution is -0.119. The van der Waals surface area contributed by atoms with Crippen LogP contribution < -0.4 is 10.6 Å². The summed E-state index contributed by atoms with van der Waals surface area (Å²) < 4.78 is 0. The van der Waals surface area contributed by atoms with Crippen molar-refractivity contribution < 1.29 is 4.79 Å². The van der Waals surface area contributed by atoms with Crippen molar-refractivity contribution in [3.05, 3.63) is 65.7 Å². The lowest BCUT2D eigenvalue weighted by Crippen LogP contribution is -2.46. The molecule has 25 heavy (non-hydrogen) atoms. The zero-order valence-corrected chi connectivity index (χ0v) is 15.2. The van der Waals surface area contributed by atoms with Crippen molar-refractivity contribution in [2.75, 3.05) is 11.4 Å². The topological polar surface area (TPSA) is 46.3 Å². The van der Waals surface area contributed by atoms with Crippen LogP contribution in [0, 0.1) is 0 Å². The van der Waals surface area contributed by atoms with Gasteiger partial charge in [0, 0.05) is 17.6 Å². The molecule has 0 unspecified atom stereocenters. The standard InChI is InChI=1S/C21H24N2O.ClH/c22-18(14-16-8-2-1-3-9-16)20(24)23-15-21(12-6-7-13-21)17-10-4-5-11-19(17)23;/h1-5,8-11,18H,6-7,12-15,22H2;1H/t18-;/m0./s1. The first-order chi connectivity index (χ1) is 11.7. The second-order valence-electron chi connectivity index (χ2n) is 7.23. The molecule has 1 amide bonds. The first kappa shape index (κ1) is 18.0. The average Bonchev–Trinajstić information content (AvgIpc) is 3.22. The molecule has 4 heteroatoms. The third kappa shape index (κ3) is 3.19. The van der Waals surface area contributed by atoms with Crippen molar-refractivity contribution in [2.45, 2.75) is 43.6 Å². The van der Waals surface area contributed by atoms with Gasteiger partial charge >= 0.3 is 0 Å². The Labute approximate surface area is 155 Å². The molecule has 3 nitrogen and oxygen atoms in total. The first-order valence-electron chi connectivity index (χ1n) is 8.90. The second kappa shape index (κ2) is 7.19. The third-order valence-corrected chi connectivity index (χ3v) is 5.67. The van der Waals surface area contributed by atoms with E-state index in [1.54, 1.807) is 0 Å². The first-order valence-corrected chi connectivity index (χ1v) is 8.90. The molecule has 1 heterocycles. The minimum absolute atomic E-state index is 0. The number of nitrogens with zero attached hydrogens (tertiary/aromatic N) is 1. The molecule has 1 aliphatic carbocycles. The van der Waals surface area contributed by atoms with Crippen molar-refractivity contribution >= 4 is 24.0 Å². The van der Waals surface area contributed by atoms with Crippen LogP contribution in [0.1, 0.15) is 36.8 Å². The molecular formula is C21H25ClN2O. The molecule has 2 aliphatic rings. The summed E-state index contributed by atoms with van der Waals surface area (Å²) in [6.07, 6.45) is 5.47. The lowest BCUT2D eigenvalue weighted by Gasteiger charge is -2.26. The third-order valence-electron chi connectivity index (χ3n) is 5.67. The van der Waals surface area contributed by atoms with Crippen LogP contribution in [0.25, 0.3) is 0 Å². The second-order valence-corrected chi connectivity index (χ2v) is 7.23. The van der Waals surface area contributed by atoms with E-state index in [0.29, 0.717) is 6.42 Å². The monoisotopic (exact) mass is 356 g/mol. The number of carbonyl (C=O) groups excluding carboxylic acids is 1. The largest absolute Gasteiger partial charge is 0.320 e. The Morgan fingerprint density at radius 1 is 1.04 bits per heavy atom. The highest BCUT2D eigenvalue weighted by atomic mass is 35.5. The molecule has 4 rings (SSSR count). The van der Waals surface area contributed by atoms with Gasteiger partial charge in [-0.25, -0.2) is 0 Å². The molecule has 2 N–H and O–H groups in total. The average molecular weight is 357 g/mol. The molecule has 1 atom stereocenters. The fourth-order valence-electron chi connectivity index (χ4n) is 4.46. The van der Waals surface area contributed by atoms with Crippen LogP contribution in [-0.2, 0) is 16.6 Å². The van der Waals surface area contributed by atoms with Crippen LogP contribution >= 0.6 is 12.4 Å². The number of hydrogen-bond acceptors (Lipinski definition) is 2. The van der Waals surface area contributed by atoms with E-state index in [1.807, 2.05) is 41.3 Å². The fraction of sp³-hybridized carbons (Fsp3) is 0.381. The summed E-state index contributed by atoms with van der Waals surface area (Å²) >= 11 is 0. The number of nitrogens with two attached hydrogens (primary N) is 1. The highest BCUT2D eigenvalue weighted by molar-refractivity contribution is 5.99. The zero-order valence-electron chi connectivity index (χ0n) is 14.4. The Balaban J connectivity index is 0.00000182. The Bertz CT molecular complexity index is 741. The van der Waals surface area contributed by atoms with E-state index in [1.165, 1.54) is 31.2 Å². The molecule has 1 spiro atoms. The maximum atomic E-state index is 13.1. The maximum absolute atomic E-state index is 13.1. The van der Waals surface area contributed by atoms with Crippen LogP contribution in [0.3, 0.4) is 0 Å². The maximum Gasteiger partial charge on any atom is 0.244 e.